The highest BCUT2D eigenvalue weighted by atomic mass is 16.3. The number of aliphatic hydroxyl groups excluding tert-OH is 1. The van der Waals surface area contributed by atoms with Crippen molar-refractivity contribution in [3.8, 4) is 0 Å². The van der Waals surface area contributed by atoms with E-state index >= 15 is 0 Å². The van der Waals surface area contributed by atoms with Gasteiger partial charge in [-0.3, -0.25) is 4.98 Å². The molecule has 2 atom stereocenters. The molecule has 0 saturated carbocycles. The summed E-state index contributed by atoms with van der Waals surface area (Å²) in [5, 5.41) is 9.51. The Morgan fingerprint density at radius 2 is 2.27 bits per heavy atom. The minimum absolute atomic E-state index is 0.131. The molecule has 2 nitrogen and oxygen atoms in total. The van der Waals surface area contributed by atoms with Crippen LogP contribution in [0.15, 0.2) is 24.5 Å². The van der Waals surface area contributed by atoms with E-state index in [1.807, 2.05) is 19.2 Å². The van der Waals surface area contributed by atoms with E-state index in [-0.39, 0.29) is 6.10 Å². The van der Waals surface area contributed by atoms with Crippen molar-refractivity contribution >= 4 is 0 Å². The lowest BCUT2D eigenvalue weighted by atomic mass is 9.95. The normalized spacial score (nSPS) is 14.9. The van der Waals surface area contributed by atoms with Crippen LogP contribution in [0.3, 0.4) is 0 Å². The quantitative estimate of drug-likeness (QED) is 0.778. The maximum absolute atomic E-state index is 9.51. The third-order valence-corrected chi connectivity index (χ3v) is 2.79. The minimum atomic E-state index is -0.131. The standard InChI is InChI=1S/C13H21NO/c1-3-13(15)9-11(2)6-7-12-5-4-8-14-10-12/h4-5,8,10-11,13,15H,3,6-7,9H2,1-2H3/t11-,13?/m1/s1. The van der Waals surface area contributed by atoms with Crippen molar-refractivity contribution in [1.29, 1.82) is 0 Å². The predicted octanol–water partition coefficient (Wildman–Crippen LogP) is 2.81. The first-order chi connectivity index (χ1) is 7.22. The van der Waals surface area contributed by atoms with Crippen molar-refractivity contribution in [1.82, 2.24) is 4.98 Å². The summed E-state index contributed by atoms with van der Waals surface area (Å²) in [4.78, 5) is 4.09. The first-order valence-corrected chi connectivity index (χ1v) is 5.79. The Bertz CT molecular complexity index is 260. The fourth-order valence-electron chi connectivity index (χ4n) is 1.71. The van der Waals surface area contributed by atoms with Crippen molar-refractivity contribution in [3.05, 3.63) is 30.1 Å². The number of hydrogen-bond donors (Lipinski definition) is 1. The topological polar surface area (TPSA) is 33.1 Å². The van der Waals surface area contributed by atoms with Crippen LogP contribution in [-0.4, -0.2) is 16.2 Å². The molecule has 0 saturated heterocycles. The van der Waals surface area contributed by atoms with E-state index < -0.39 is 0 Å². The van der Waals surface area contributed by atoms with Gasteiger partial charge in [0.1, 0.15) is 0 Å². The molecular formula is C13H21NO. The second-order valence-corrected chi connectivity index (χ2v) is 4.30. The highest BCUT2D eigenvalue weighted by molar-refractivity contribution is 5.08. The molecule has 0 aromatic carbocycles. The Kier molecular flexibility index (Phi) is 5.33. The van der Waals surface area contributed by atoms with Crippen LogP contribution in [0, 0.1) is 5.92 Å². The van der Waals surface area contributed by atoms with Gasteiger partial charge in [0, 0.05) is 12.4 Å². The third-order valence-electron chi connectivity index (χ3n) is 2.79. The molecule has 0 aliphatic heterocycles. The van der Waals surface area contributed by atoms with Gasteiger partial charge in [-0.1, -0.05) is 19.9 Å². The van der Waals surface area contributed by atoms with Crippen LogP contribution in [-0.2, 0) is 6.42 Å². The molecule has 0 spiro atoms. The van der Waals surface area contributed by atoms with Gasteiger partial charge < -0.3 is 5.11 Å². The van der Waals surface area contributed by atoms with Crippen molar-refractivity contribution in [2.75, 3.05) is 0 Å². The summed E-state index contributed by atoms with van der Waals surface area (Å²) < 4.78 is 0. The largest absolute Gasteiger partial charge is 0.393 e. The Morgan fingerprint density at radius 1 is 1.47 bits per heavy atom. The third kappa shape index (κ3) is 4.93. The highest BCUT2D eigenvalue weighted by Gasteiger charge is 2.08. The molecule has 0 radical (unpaired) electrons. The molecule has 2 heteroatoms. The number of pyridine rings is 1. The highest BCUT2D eigenvalue weighted by Crippen LogP contribution is 2.15. The molecule has 0 amide bonds. The number of aromatic nitrogens is 1. The van der Waals surface area contributed by atoms with Crippen molar-refractivity contribution in [2.45, 2.75) is 45.6 Å². The first-order valence-electron chi connectivity index (χ1n) is 5.79. The molecule has 1 N–H and O–H groups in total. The van der Waals surface area contributed by atoms with E-state index in [2.05, 4.69) is 18.0 Å². The van der Waals surface area contributed by atoms with Gasteiger partial charge in [0.2, 0.25) is 0 Å². The maximum Gasteiger partial charge on any atom is 0.0540 e. The van der Waals surface area contributed by atoms with Gasteiger partial charge >= 0.3 is 0 Å². The van der Waals surface area contributed by atoms with E-state index in [1.54, 1.807) is 6.20 Å². The van der Waals surface area contributed by atoms with E-state index in [9.17, 15) is 5.11 Å². The van der Waals surface area contributed by atoms with Gasteiger partial charge in [0.05, 0.1) is 6.10 Å². The summed E-state index contributed by atoms with van der Waals surface area (Å²) in [5.74, 6) is 0.583. The molecular weight excluding hydrogens is 186 g/mol. The molecule has 1 heterocycles. The van der Waals surface area contributed by atoms with Crippen LogP contribution in [0.5, 0.6) is 0 Å². The lowest BCUT2D eigenvalue weighted by molar-refractivity contribution is 0.139. The number of hydrogen-bond acceptors (Lipinski definition) is 2. The Morgan fingerprint density at radius 3 is 2.87 bits per heavy atom. The average molecular weight is 207 g/mol. The first kappa shape index (κ1) is 12.2. The molecule has 0 aliphatic rings. The molecule has 0 fully saturated rings. The lowest BCUT2D eigenvalue weighted by Crippen LogP contribution is -2.10. The molecule has 1 aromatic rings. The average Bonchev–Trinajstić information content (AvgIpc) is 2.27. The summed E-state index contributed by atoms with van der Waals surface area (Å²) >= 11 is 0. The van der Waals surface area contributed by atoms with Gasteiger partial charge in [-0.05, 0) is 43.2 Å². The maximum atomic E-state index is 9.51. The molecule has 1 rings (SSSR count). The molecule has 1 unspecified atom stereocenters. The van der Waals surface area contributed by atoms with Crippen molar-refractivity contribution < 1.29 is 5.11 Å². The summed E-state index contributed by atoms with van der Waals surface area (Å²) in [6.07, 6.45) is 7.55. The summed E-state index contributed by atoms with van der Waals surface area (Å²) in [6.45, 7) is 4.23. The van der Waals surface area contributed by atoms with Gasteiger partial charge in [-0.25, -0.2) is 0 Å². The van der Waals surface area contributed by atoms with E-state index in [0.717, 1.165) is 25.7 Å². The van der Waals surface area contributed by atoms with Crippen LogP contribution < -0.4 is 0 Å². The van der Waals surface area contributed by atoms with Crippen molar-refractivity contribution in [3.63, 3.8) is 0 Å². The minimum Gasteiger partial charge on any atom is -0.393 e. The van der Waals surface area contributed by atoms with Crippen LogP contribution in [0.1, 0.15) is 38.7 Å². The second-order valence-electron chi connectivity index (χ2n) is 4.30. The Hall–Kier alpha value is -0.890. The van der Waals surface area contributed by atoms with Gasteiger partial charge in [-0.2, -0.15) is 0 Å². The van der Waals surface area contributed by atoms with Crippen LogP contribution in [0.2, 0.25) is 0 Å². The molecule has 84 valence electrons. The smallest absolute Gasteiger partial charge is 0.0540 e. The summed E-state index contributed by atoms with van der Waals surface area (Å²) in [5.41, 5.74) is 1.29. The number of aryl methyl sites for hydroxylation is 1. The van der Waals surface area contributed by atoms with Gasteiger partial charge in [0.15, 0.2) is 0 Å². The second kappa shape index (κ2) is 6.57. The van der Waals surface area contributed by atoms with Crippen LogP contribution in [0.4, 0.5) is 0 Å². The van der Waals surface area contributed by atoms with Gasteiger partial charge in [0.25, 0.3) is 0 Å². The fourth-order valence-corrected chi connectivity index (χ4v) is 1.71. The zero-order chi connectivity index (χ0) is 11.1. The molecule has 15 heavy (non-hydrogen) atoms. The van der Waals surface area contributed by atoms with Crippen LogP contribution >= 0.6 is 0 Å². The molecule has 0 aliphatic carbocycles. The zero-order valence-corrected chi connectivity index (χ0v) is 9.69. The van der Waals surface area contributed by atoms with Crippen molar-refractivity contribution in [2.24, 2.45) is 5.92 Å². The Balaban J connectivity index is 2.25. The molecule has 1 aromatic heterocycles. The lowest BCUT2D eigenvalue weighted by Gasteiger charge is -2.14. The number of nitrogens with zero attached hydrogens (tertiary/aromatic N) is 1. The molecule has 0 bridgehead atoms. The zero-order valence-electron chi connectivity index (χ0n) is 9.69. The fraction of sp³-hybridized carbons (Fsp3) is 0.615. The van der Waals surface area contributed by atoms with E-state index in [0.29, 0.717) is 5.92 Å². The Labute approximate surface area is 92.4 Å². The summed E-state index contributed by atoms with van der Waals surface area (Å²) in [7, 11) is 0. The monoisotopic (exact) mass is 207 g/mol. The number of rotatable bonds is 6. The van der Waals surface area contributed by atoms with E-state index in [1.165, 1.54) is 5.56 Å². The predicted molar refractivity (Wildman–Crippen MR) is 62.6 cm³/mol. The SMILES string of the molecule is CCC(O)C[C@H](C)CCc1cccnc1. The van der Waals surface area contributed by atoms with E-state index in [4.69, 9.17) is 0 Å². The van der Waals surface area contributed by atoms with Gasteiger partial charge in [-0.15, -0.1) is 0 Å². The number of aliphatic hydroxyl groups is 1. The summed E-state index contributed by atoms with van der Waals surface area (Å²) in [6, 6.07) is 4.08. The van der Waals surface area contributed by atoms with Crippen LogP contribution in [0.25, 0.3) is 0 Å².